The van der Waals surface area contributed by atoms with Crippen LogP contribution in [0.25, 0.3) is 22.3 Å². The molecule has 0 spiro atoms. The van der Waals surface area contributed by atoms with Gasteiger partial charge in [-0.3, -0.25) is 23.5 Å². The van der Waals surface area contributed by atoms with E-state index in [1.54, 1.807) is 13.0 Å². The number of nitrogens with one attached hydrogen (secondary N) is 1. The summed E-state index contributed by atoms with van der Waals surface area (Å²) in [5.41, 5.74) is 2.42. The van der Waals surface area contributed by atoms with E-state index >= 15 is 0 Å². The van der Waals surface area contributed by atoms with E-state index in [9.17, 15) is 32.0 Å². The first-order chi connectivity index (χ1) is 20.4. The third-order valence-corrected chi connectivity index (χ3v) is 8.50. The highest BCUT2D eigenvalue weighted by Crippen LogP contribution is 2.48. The summed E-state index contributed by atoms with van der Waals surface area (Å²) in [4.78, 5) is 47.9. The van der Waals surface area contributed by atoms with Crippen LogP contribution in [0.15, 0.2) is 40.8 Å². The normalized spacial score (nSPS) is 13.2. The molecule has 1 saturated carbocycles. The van der Waals surface area contributed by atoms with Crippen molar-refractivity contribution in [3.63, 3.8) is 0 Å². The summed E-state index contributed by atoms with van der Waals surface area (Å²) in [6.45, 7) is 1.52. The lowest BCUT2D eigenvalue weighted by Crippen LogP contribution is -2.33. The molecular formula is C31H35FN2O8S. The van der Waals surface area contributed by atoms with Gasteiger partial charge in [-0.25, -0.2) is 12.8 Å². The number of fused-ring (bicyclic) bond motifs is 1. The first-order valence-electron chi connectivity index (χ1n) is 14.3. The highest BCUT2D eigenvalue weighted by atomic mass is 32.2. The lowest BCUT2D eigenvalue weighted by Gasteiger charge is -2.25. The van der Waals surface area contributed by atoms with Gasteiger partial charge in [-0.05, 0) is 67.5 Å². The van der Waals surface area contributed by atoms with Gasteiger partial charge in [0.15, 0.2) is 11.6 Å². The fourth-order valence-electron chi connectivity index (χ4n) is 5.00. The van der Waals surface area contributed by atoms with Crippen LogP contribution in [0.3, 0.4) is 0 Å². The molecular weight excluding hydrogens is 579 g/mol. The maximum absolute atomic E-state index is 13.6. The first kappa shape index (κ1) is 31.9. The van der Waals surface area contributed by atoms with Gasteiger partial charge in [0, 0.05) is 49.2 Å². The highest BCUT2D eigenvalue weighted by Gasteiger charge is 2.33. The van der Waals surface area contributed by atoms with Crippen LogP contribution in [0.2, 0.25) is 0 Å². The first-order valence-corrected chi connectivity index (χ1v) is 16.1. The molecule has 230 valence electrons. The number of nitrogens with zero attached hydrogens (tertiary/aromatic N) is 1. The van der Waals surface area contributed by atoms with Crippen molar-refractivity contribution in [1.29, 1.82) is 0 Å². The van der Waals surface area contributed by atoms with Crippen LogP contribution in [0.4, 0.5) is 10.1 Å². The fourth-order valence-corrected chi connectivity index (χ4v) is 5.98. The fraction of sp³-hybridized carbons (Fsp3) is 0.419. The van der Waals surface area contributed by atoms with Gasteiger partial charge >= 0.3 is 5.97 Å². The van der Waals surface area contributed by atoms with E-state index in [1.165, 1.54) is 28.6 Å². The zero-order valence-electron chi connectivity index (χ0n) is 24.2. The van der Waals surface area contributed by atoms with Crippen molar-refractivity contribution in [3.05, 3.63) is 53.3 Å². The number of anilines is 1. The molecule has 12 heteroatoms. The summed E-state index contributed by atoms with van der Waals surface area (Å²) in [5.74, 6) is -1.89. The Kier molecular flexibility index (Phi) is 10.0. The van der Waals surface area contributed by atoms with Gasteiger partial charge in [0.1, 0.15) is 17.2 Å². The quantitative estimate of drug-likeness (QED) is 0.209. The number of carbonyl (C=O) groups is 4. The van der Waals surface area contributed by atoms with Crippen molar-refractivity contribution < 1.29 is 41.5 Å². The van der Waals surface area contributed by atoms with Crippen LogP contribution >= 0.6 is 0 Å². The van der Waals surface area contributed by atoms with Crippen LogP contribution in [-0.2, 0) is 24.4 Å². The van der Waals surface area contributed by atoms with Crippen molar-refractivity contribution in [2.75, 3.05) is 23.7 Å². The minimum Gasteiger partial charge on any atom is -0.481 e. The molecule has 1 aliphatic carbocycles. The number of hydrogen-bond donors (Lipinski definition) is 2. The number of amides is 1. The summed E-state index contributed by atoms with van der Waals surface area (Å²) >= 11 is 0. The number of aliphatic carboxylic acids is 1. The Morgan fingerprint density at radius 2 is 1.74 bits per heavy atom. The standard InChI is InChI=1S/C31H35FN2O8S/c1-3-26(36)30-24-16-23(19-9-10-19)25(17-27(24)42-31(30)20-11-13-21(32)14-12-20)34(43(2,40)41)15-5-6-22(35)18-33-28(37)7-4-8-29(38)39/h11-14,16-17,19H,3-10,15,18H2,1-2H3,(H,33,37)(H,38,39). The molecule has 1 amide bonds. The van der Waals surface area contributed by atoms with Crippen molar-refractivity contribution in [3.8, 4) is 11.3 Å². The van der Waals surface area contributed by atoms with Gasteiger partial charge in [0.05, 0.1) is 24.1 Å². The molecule has 1 fully saturated rings. The van der Waals surface area contributed by atoms with Gasteiger partial charge in [0.25, 0.3) is 0 Å². The number of hydrogen-bond acceptors (Lipinski definition) is 7. The smallest absolute Gasteiger partial charge is 0.303 e. The maximum Gasteiger partial charge on any atom is 0.303 e. The lowest BCUT2D eigenvalue weighted by molar-refractivity contribution is -0.137. The van der Waals surface area contributed by atoms with Crippen LogP contribution in [0.1, 0.15) is 80.1 Å². The van der Waals surface area contributed by atoms with E-state index in [-0.39, 0.29) is 69.1 Å². The Morgan fingerprint density at radius 3 is 2.35 bits per heavy atom. The summed E-state index contributed by atoms with van der Waals surface area (Å²) in [6, 6.07) is 9.07. The van der Waals surface area contributed by atoms with E-state index < -0.39 is 27.7 Å². The van der Waals surface area contributed by atoms with Gasteiger partial charge in [-0.2, -0.15) is 0 Å². The molecule has 0 saturated heterocycles. The molecule has 0 radical (unpaired) electrons. The summed E-state index contributed by atoms with van der Waals surface area (Å²) in [5, 5.41) is 11.7. The molecule has 43 heavy (non-hydrogen) atoms. The Balaban J connectivity index is 1.58. The molecule has 0 bridgehead atoms. The van der Waals surface area contributed by atoms with E-state index in [0.717, 1.165) is 24.7 Å². The number of benzene rings is 2. The number of rotatable bonds is 16. The third kappa shape index (κ3) is 8.07. The minimum atomic E-state index is -3.78. The predicted octanol–water partition coefficient (Wildman–Crippen LogP) is 5.20. The molecule has 2 aromatic carbocycles. The van der Waals surface area contributed by atoms with Crippen molar-refractivity contribution in [2.45, 2.75) is 64.2 Å². The Hall–Kier alpha value is -4.06. The largest absolute Gasteiger partial charge is 0.481 e. The monoisotopic (exact) mass is 614 g/mol. The number of carboxylic acid groups (broad SMARTS) is 1. The van der Waals surface area contributed by atoms with Crippen LogP contribution in [-0.4, -0.2) is 56.3 Å². The molecule has 0 aliphatic heterocycles. The molecule has 3 aromatic rings. The topological polar surface area (TPSA) is 151 Å². The third-order valence-electron chi connectivity index (χ3n) is 7.32. The molecule has 2 N–H and O–H groups in total. The van der Waals surface area contributed by atoms with E-state index in [2.05, 4.69) is 5.32 Å². The van der Waals surface area contributed by atoms with Gasteiger partial charge < -0.3 is 14.8 Å². The molecule has 0 unspecified atom stereocenters. The Labute approximate surface area is 249 Å². The molecule has 0 atom stereocenters. The van der Waals surface area contributed by atoms with Crippen molar-refractivity contribution in [2.24, 2.45) is 0 Å². The van der Waals surface area contributed by atoms with Crippen LogP contribution in [0, 0.1) is 5.82 Å². The second-order valence-electron chi connectivity index (χ2n) is 10.8. The molecule has 1 aliphatic rings. The number of carboxylic acids is 1. The van der Waals surface area contributed by atoms with Crippen LogP contribution in [0.5, 0.6) is 0 Å². The number of carbonyl (C=O) groups excluding carboxylic acids is 3. The zero-order chi connectivity index (χ0) is 31.3. The van der Waals surface area contributed by atoms with E-state index in [4.69, 9.17) is 9.52 Å². The van der Waals surface area contributed by atoms with Crippen LogP contribution < -0.4 is 9.62 Å². The second kappa shape index (κ2) is 13.5. The maximum atomic E-state index is 13.6. The number of halogens is 1. The Morgan fingerprint density at radius 1 is 1.05 bits per heavy atom. The molecule has 10 nitrogen and oxygen atoms in total. The lowest BCUT2D eigenvalue weighted by atomic mass is 9.97. The molecule has 1 heterocycles. The second-order valence-corrected chi connectivity index (χ2v) is 12.7. The zero-order valence-corrected chi connectivity index (χ0v) is 25.0. The molecule has 4 rings (SSSR count). The average Bonchev–Trinajstić information content (AvgIpc) is 3.73. The van der Waals surface area contributed by atoms with Crippen molar-refractivity contribution in [1.82, 2.24) is 5.32 Å². The van der Waals surface area contributed by atoms with Crippen molar-refractivity contribution >= 4 is 50.1 Å². The van der Waals surface area contributed by atoms with Gasteiger partial charge in [-0.15, -0.1) is 0 Å². The number of Topliss-reactive ketones (excluding diaryl/α,β-unsaturated/α-hetero) is 2. The SMILES string of the molecule is CCC(=O)c1c(-c2ccc(F)cc2)oc2cc(N(CCCC(=O)CNC(=O)CCCC(=O)O)S(C)(=O)=O)c(C3CC3)cc12. The highest BCUT2D eigenvalue weighted by molar-refractivity contribution is 7.92. The van der Waals surface area contributed by atoms with Gasteiger partial charge in [0.2, 0.25) is 15.9 Å². The summed E-state index contributed by atoms with van der Waals surface area (Å²) in [6.07, 6.45) is 3.27. The number of furan rings is 1. The molecule has 1 aromatic heterocycles. The van der Waals surface area contributed by atoms with Gasteiger partial charge in [-0.1, -0.05) is 6.92 Å². The predicted molar refractivity (Wildman–Crippen MR) is 159 cm³/mol. The van der Waals surface area contributed by atoms with E-state index in [1.807, 2.05) is 6.07 Å². The van der Waals surface area contributed by atoms with E-state index in [0.29, 0.717) is 33.5 Å². The minimum absolute atomic E-state index is 0.00488. The number of ketones is 2. The summed E-state index contributed by atoms with van der Waals surface area (Å²) in [7, 11) is -3.78. The average molecular weight is 615 g/mol. The Bertz CT molecular complexity index is 1640. The number of sulfonamides is 1. The summed E-state index contributed by atoms with van der Waals surface area (Å²) < 4.78 is 47.0.